The molecule has 1 N–H and O–H groups in total. The molecular weight excluding hydrogens is 287 g/mol. The van der Waals surface area contributed by atoms with Gasteiger partial charge in [-0.25, -0.2) is 4.39 Å². The van der Waals surface area contributed by atoms with E-state index in [0.29, 0.717) is 6.04 Å². The van der Waals surface area contributed by atoms with Gasteiger partial charge in [-0.1, -0.05) is 12.1 Å². The number of ether oxygens (including phenoxy) is 1. The fourth-order valence-electron chi connectivity index (χ4n) is 3.00. The molecule has 1 fully saturated rings. The van der Waals surface area contributed by atoms with Gasteiger partial charge < -0.3 is 10.1 Å². The number of thioether (sulfide) groups is 1. The fourth-order valence-corrected chi connectivity index (χ4v) is 4.14. The number of nitrogens with zero attached hydrogens (tertiary/aromatic N) is 1. The van der Waals surface area contributed by atoms with E-state index in [-0.39, 0.29) is 5.82 Å². The maximum atomic E-state index is 13.8. The van der Waals surface area contributed by atoms with Gasteiger partial charge in [0.2, 0.25) is 0 Å². The van der Waals surface area contributed by atoms with Crippen LogP contribution in [0.2, 0.25) is 0 Å². The minimum Gasteiger partial charge on any atom is -0.379 e. The van der Waals surface area contributed by atoms with Crippen LogP contribution in [0.3, 0.4) is 0 Å². The molecule has 5 heteroatoms. The third-order valence-corrected chi connectivity index (χ3v) is 5.33. The average Bonchev–Trinajstić information content (AvgIpc) is 2.53. The summed E-state index contributed by atoms with van der Waals surface area (Å²) < 4.78 is 19.2. The molecule has 1 aromatic carbocycles. The fraction of sp³-hybridized carbons (Fsp3) is 0.625. The van der Waals surface area contributed by atoms with E-state index in [1.807, 2.05) is 6.07 Å². The zero-order chi connectivity index (χ0) is 14.5. The molecule has 0 bridgehead atoms. The number of halogens is 1. The first kappa shape index (κ1) is 15.3. The molecule has 1 atom stereocenters. The number of hydrogen-bond donors (Lipinski definition) is 1. The highest BCUT2D eigenvalue weighted by atomic mass is 32.2. The van der Waals surface area contributed by atoms with Crippen LogP contribution in [-0.2, 0) is 4.74 Å². The summed E-state index contributed by atoms with van der Waals surface area (Å²) in [4.78, 5) is 3.30. The Bertz CT molecular complexity index is 466. The first-order valence-electron chi connectivity index (χ1n) is 7.79. The summed E-state index contributed by atoms with van der Waals surface area (Å²) >= 11 is 1.64. The van der Waals surface area contributed by atoms with E-state index in [2.05, 4.69) is 16.3 Å². The molecule has 0 aliphatic carbocycles. The Morgan fingerprint density at radius 2 is 2.19 bits per heavy atom. The zero-order valence-corrected chi connectivity index (χ0v) is 13.1. The molecule has 3 rings (SSSR count). The second kappa shape index (κ2) is 7.58. The lowest BCUT2D eigenvalue weighted by Crippen LogP contribution is -2.38. The summed E-state index contributed by atoms with van der Waals surface area (Å²) in [6.45, 7) is 5.93. The van der Waals surface area contributed by atoms with Gasteiger partial charge in [-0.3, -0.25) is 4.90 Å². The second-order valence-electron chi connectivity index (χ2n) is 5.61. The molecule has 0 amide bonds. The highest BCUT2D eigenvalue weighted by Crippen LogP contribution is 2.37. The molecule has 0 aromatic heterocycles. The van der Waals surface area contributed by atoms with E-state index < -0.39 is 0 Å². The third-order valence-electron chi connectivity index (χ3n) is 4.17. The molecule has 1 aromatic rings. The standard InChI is InChI=1S/C16H23FN2OS/c17-14-4-1-3-13-15(5-12-21-16(13)14)18-6-2-7-19-8-10-20-11-9-19/h1,3-4,15,18H,2,5-12H2. The van der Waals surface area contributed by atoms with Crippen LogP contribution in [0.25, 0.3) is 0 Å². The number of rotatable bonds is 5. The molecule has 1 unspecified atom stereocenters. The van der Waals surface area contributed by atoms with Crippen molar-refractivity contribution in [3.63, 3.8) is 0 Å². The van der Waals surface area contributed by atoms with Crippen molar-refractivity contribution in [3.8, 4) is 0 Å². The summed E-state index contributed by atoms with van der Waals surface area (Å²) in [5, 5.41) is 3.61. The van der Waals surface area contributed by atoms with Gasteiger partial charge in [0.25, 0.3) is 0 Å². The number of morpholine rings is 1. The molecule has 1 saturated heterocycles. The molecule has 2 aliphatic heterocycles. The van der Waals surface area contributed by atoms with Gasteiger partial charge in [0.05, 0.1) is 13.2 Å². The van der Waals surface area contributed by atoms with E-state index in [4.69, 9.17) is 4.74 Å². The molecule has 2 heterocycles. The lowest BCUT2D eigenvalue weighted by atomic mass is 10.0. The van der Waals surface area contributed by atoms with Crippen molar-refractivity contribution in [2.45, 2.75) is 23.8 Å². The Balaban J connectivity index is 1.47. The normalized spacial score (nSPS) is 23.0. The summed E-state index contributed by atoms with van der Waals surface area (Å²) in [6.07, 6.45) is 2.22. The van der Waals surface area contributed by atoms with Gasteiger partial charge >= 0.3 is 0 Å². The highest BCUT2D eigenvalue weighted by Gasteiger charge is 2.22. The van der Waals surface area contributed by atoms with Crippen molar-refractivity contribution in [1.82, 2.24) is 10.2 Å². The van der Waals surface area contributed by atoms with Crippen molar-refractivity contribution >= 4 is 11.8 Å². The van der Waals surface area contributed by atoms with Crippen LogP contribution >= 0.6 is 11.8 Å². The van der Waals surface area contributed by atoms with E-state index >= 15 is 0 Å². The van der Waals surface area contributed by atoms with Gasteiger partial charge in [-0.05, 0) is 43.3 Å². The average molecular weight is 310 g/mol. The van der Waals surface area contributed by atoms with Crippen LogP contribution in [0.5, 0.6) is 0 Å². The highest BCUT2D eigenvalue weighted by molar-refractivity contribution is 7.99. The topological polar surface area (TPSA) is 24.5 Å². The number of hydrogen-bond acceptors (Lipinski definition) is 4. The van der Waals surface area contributed by atoms with Crippen molar-refractivity contribution in [1.29, 1.82) is 0 Å². The van der Waals surface area contributed by atoms with Gasteiger partial charge in [-0.2, -0.15) is 0 Å². The van der Waals surface area contributed by atoms with Gasteiger partial charge in [-0.15, -0.1) is 11.8 Å². The molecule has 0 radical (unpaired) electrons. The predicted molar refractivity (Wildman–Crippen MR) is 84.4 cm³/mol. The lowest BCUT2D eigenvalue weighted by molar-refractivity contribution is 0.0374. The summed E-state index contributed by atoms with van der Waals surface area (Å²) in [5.41, 5.74) is 1.14. The monoisotopic (exact) mass is 310 g/mol. The summed E-state index contributed by atoms with van der Waals surface area (Å²) in [6, 6.07) is 5.75. The van der Waals surface area contributed by atoms with Gasteiger partial charge in [0, 0.05) is 24.0 Å². The smallest absolute Gasteiger partial charge is 0.137 e. The predicted octanol–water partition coefficient (Wildman–Crippen LogP) is 2.67. The van der Waals surface area contributed by atoms with Crippen LogP contribution in [0.4, 0.5) is 4.39 Å². The van der Waals surface area contributed by atoms with E-state index in [1.54, 1.807) is 17.8 Å². The number of nitrogens with one attached hydrogen (secondary N) is 1. The Morgan fingerprint density at radius 1 is 1.33 bits per heavy atom. The van der Waals surface area contributed by atoms with Crippen LogP contribution in [0, 0.1) is 5.82 Å². The Labute approximate surface area is 130 Å². The zero-order valence-electron chi connectivity index (χ0n) is 12.3. The number of fused-ring (bicyclic) bond motifs is 1. The second-order valence-corrected chi connectivity index (χ2v) is 6.71. The largest absolute Gasteiger partial charge is 0.379 e. The van der Waals surface area contributed by atoms with Gasteiger partial charge in [0.1, 0.15) is 5.82 Å². The van der Waals surface area contributed by atoms with Crippen molar-refractivity contribution < 1.29 is 9.13 Å². The minimum absolute atomic E-state index is 0.0719. The number of benzene rings is 1. The molecule has 2 aliphatic rings. The van der Waals surface area contributed by atoms with Crippen LogP contribution in [-0.4, -0.2) is 50.0 Å². The van der Waals surface area contributed by atoms with Crippen molar-refractivity contribution in [3.05, 3.63) is 29.6 Å². The lowest BCUT2D eigenvalue weighted by Gasteiger charge is -2.28. The Hall–Kier alpha value is -0.620. The van der Waals surface area contributed by atoms with Crippen LogP contribution in [0.15, 0.2) is 23.1 Å². The van der Waals surface area contributed by atoms with Crippen LogP contribution < -0.4 is 5.32 Å². The molecule has 21 heavy (non-hydrogen) atoms. The van der Waals surface area contributed by atoms with Gasteiger partial charge in [0.15, 0.2) is 0 Å². The minimum atomic E-state index is -0.0719. The van der Waals surface area contributed by atoms with Crippen molar-refractivity contribution in [2.75, 3.05) is 45.1 Å². The van der Waals surface area contributed by atoms with Crippen LogP contribution in [0.1, 0.15) is 24.4 Å². The summed E-state index contributed by atoms with van der Waals surface area (Å²) in [7, 11) is 0. The van der Waals surface area contributed by atoms with E-state index in [1.165, 1.54) is 0 Å². The van der Waals surface area contributed by atoms with Crippen molar-refractivity contribution in [2.24, 2.45) is 0 Å². The Morgan fingerprint density at radius 3 is 3.05 bits per heavy atom. The SMILES string of the molecule is Fc1cccc2c1SCCC2NCCCN1CCOCC1. The Kier molecular flexibility index (Phi) is 5.52. The molecule has 3 nitrogen and oxygen atoms in total. The molecular formula is C16H23FN2OS. The maximum absolute atomic E-state index is 13.8. The molecule has 116 valence electrons. The first-order valence-corrected chi connectivity index (χ1v) is 8.78. The van der Waals surface area contributed by atoms with E-state index in [0.717, 1.165) is 68.4 Å². The third kappa shape index (κ3) is 3.97. The summed E-state index contributed by atoms with van der Waals surface area (Å²) in [5.74, 6) is 0.923. The first-order chi connectivity index (χ1) is 10.3. The molecule has 0 saturated carbocycles. The van der Waals surface area contributed by atoms with E-state index in [9.17, 15) is 4.39 Å². The maximum Gasteiger partial charge on any atom is 0.137 e. The molecule has 0 spiro atoms. The quantitative estimate of drug-likeness (QED) is 0.845.